The first kappa shape index (κ1) is 13.6. The molecule has 2 bridgehead atoms. The maximum atomic E-state index is 10.8. The molecule has 2 aromatic rings. The third-order valence-corrected chi connectivity index (χ3v) is 4.82. The minimum absolute atomic E-state index is 0.329. The average molecular weight is 293 g/mol. The van der Waals surface area contributed by atoms with Crippen LogP contribution < -0.4 is 0 Å². The molecular weight excluding hydrogens is 274 g/mol. The van der Waals surface area contributed by atoms with Gasteiger partial charge in [-0.1, -0.05) is 11.8 Å². The Kier molecular flexibility index (Phi) is 3.25. The predicted molar refractivity (Wildman–Crippen MR) is 84.6 cm³/mol. The van der Waals surface area contributed by atoms with Gasteiger partial charge in [0.2, 0.25) is 0 Å². The molecule has 4 heteroatoms. The van der Waals surface area contributed by atoms with Gasteiger partial charge in [-0.25, -0.2) is 4.98 Å². The Morgan fingerprint density at radius 2 is 1.95 bits per heavy atom. The number of aromatic nitrogens is 2. The lowest BCUT2D eigenvalue weighted by atomic mass is 9.76. The molecular formula is C18H19N3O. The van der Waals surface area contributed by atoms with Crippen LogP contribution >= 0.6 is 0 Å². The van der Waals surface area contributed by atoms with Crippen LogP contribution in [0.5, 0.6) is 0 Å². The second kappa shape index (κ2) is 5.28. The molecule has 3 aliphatic heterocycles. The van der Waals surface area contributed by atoms with Crippen molar-refractivity contribution in [1.82, 2.24) is 14.5 Å². The molecule has 1 N–H and O–H groups in total. The Labute approximate surface area is 130 Å². The van der Waals surface area contributed by atoms with E-state index in [-0.39, 0.29) is 0 Å². The van der Waals surface area contributed by atoms with Gasteiger partial charge in [0.1, 0.15) is 5.60 Å². The molecule has 5 rings (SSSR count). The van der Waals surface area contributed by atoms with Crippen molar-refractivity contribution in [2.24, 2.45) is 5.92 Å². The van der Waals surface area contributed by atoms with Gasteiger partial charge in [-0.3, -0.25) is 4.90 Å². The molecule has 22 heavy (non-hydrogen) atoms. The van der Waals surface area contributed by atoms with Gasteiger partial charge in [0, 0.05) is 36.1 Å². The summed E-state index contributed by atoms with van der Waals surface area (Å²) in [6.07, 6.45) is 7.57. The topological polar surface area (TPSA) is 41.3 Å². The molecule has 4 heterocycles. The van der Waals surface area contributed by atoms with Crippen LogP contribution in [0, 0.1) is 17.8 Å². The summed E-state index contributed by atoms with van der Waals surface area (Å²) in [5.74, 6) is 6.63. The molecule has 3 saturated heterocycles. The van der Waals surface area contributed by atoms with Crippen molar-refractivity contribution in [3.05, 3.63) is 48.5 Å². The number of hydrogen-bond donors (Lipinski definition) is 1. The molecule has 112 valence electrons. The lowest BCUT2D eigenvalue weighted by molar-refractivity contribution is -0.0713. The Bertz CT molecular complexity index is 703. The number of fused-ring (bicyclic) bond motifs is 3. The van der Waals surface area contributed by atoms with E-state index in [0.29, 0.717) is 12.5 Å². The summed E-state index contributed by atoms with van der Waals surface area (Å²) in [5.41, 5.74) is 1.16. The van der Waals surface area contributed by atoms with Crippen LogP contribution in [0.25, 0.3) is 5.69 Å². The van der Waals surface area contributed by atoms with E-state index in [1.54, 1.807) is 12.5 Å². The van der Waals surface area contributed by atoms with Crippen molar-refractivity contribution < 1.29 is 5.11 Å². The van der Waals surface area contributed by atoms with Gasteiger partial charge in [0.15, 0.2) is 0 Å². The first-order chi connectivity index (χ1) is 10.7. The van der Waals surface area contributed by atoms with Crippen LogP contribution in [0.15, 0.2) is 43.0 Å². The minimum Gasteiger partial charge on any atom is -0.376 e. The molecule has 3 aliphatic rings. The van der Waals surface area contributed by atoms with Crippen molar-refractivity contribution in [3.8, 4) is 17.5 Å². The summed E-state index contributed by atoms with van der Waals surface area (Å²) in [5, 5.41) is 10.8. The predicted octanol–water partition coefficient (Wildman–Crippen LogP) is 1.68. The summed E-state index contributed by atoms with van der Waals surface area (Å²) < 4.78 is 1.96. The molecule has 0 radical (unpaired) electrons. The van der Waals surface area contributed by atoms with Crippen LogP contribution in [0.1, 0.15) is 18.4 Å². The molecule has 0 saturated carbocycles. The summed E-state index contributed by atoms with van der Waals surface area (Å²) in [6.45, 7) is 2.90. The SMILES string of the molecule is OC1(C#Cc2ccc(-n3ccnc3)cc2)CN2CCC1CC2. The van der Waals surface area contributed by atoms with Gasteiger partial charge in [-0.2, -0.15) is 0 Å². The van der Waals surface area contributed by atoms with Crippen molar-refractivity contribution in [1.29, 1.82) is 0 Å². The number of hydrogen-bond acceptors (Lipinski definition) is 3. The molecule has 1 atom stereocenters. The Hall–Kier alpha value is -2.09. The zero-order valence-corrected chi connectivity index (χ0v) is 12.4. The highest BCUT2D eigenvalue weighted by Crippen LogP contribution is 2.35. The lowest BCUT2D eigenvalue weighted by Crippen LogP contribution is -2.58. The van der Waals surface area contributed by atoms with Crippen LogP contribution in [-0.2, 0) is 0 Å². The summed E-state index contributed by atoms with van der Waals surface area (Å²) in [7, 11) is 0. The zero-order valence-electron chi connectivity index (χ0n) is 12.4. The molecule has 1 aromatic carbocycles. The van der Waals surface area contributed by atoms with Gasteiger partial charge in [-0.15, -0.1) is 0 Å². The Balaban J connectivity index is 1.54. The van der Waals surface area contributed by atoms with E-state index in [0.717, 1.165) is 37.2 Å². The summed E-state index contributed by atoms with van der Waals surface area (Å²) >= 11 is 0. The largest absolute Gasteiger partial charge is 0.376 e. The van der Waals surface area contributed by atoms with E-state index in [9.17, 15) is 5.11 Å². The maximum Gasteiger partial charge on any atom is 0.141 e. The Morgan fingerprint density at radius 3 is 2.55 bits per heavy atom. The number of imidazole rings is 1. The molecule has 0 aliphatic carbocycles. The van der Waals surface area contributed by atoms with Crippen LogP contribution in [-0.4, -0.2) is 44.8 Å². The monoisotopic (exact) mass is 293 g/mol. The molecule has 4 nitrogen and oxygen atoms in total. The van der Waals surface area contributed by atoms with Gasteiger partial charge >= 0.3 is 0 Å². The first-order valence-corrected chi connectivity index (χ1v) is 7.79. The van der Waals surface area contributed by atoms with Crippen LogP contribution in [0.4, 0.5) is 0 Å². The number of nitrogens with zero attached hydrogens (tertiary/aromatic N) is 3. The van der Waals surface area contributed by atoms with Gasteiger partial charge in [0.05, 0.1) is 6.33 Å². The molecule has 0 amide bonds. The van der Waals surface area contributed by atoms with Crippen LogP contribution in [0.3, 0.4) is 0 Å². The second-order valence-electron chi connectivity index (χ2n) is 6.24. The van der Waals surface area contributed by atoms with Gasteiger partial charge < -0.3 is 9.67 Å². The van der Waals surface area contributed by atoms with Crippen LogP contribution in [0.2, 0.25) is 0 Å². The third kappa shape index (κ3) is 2.43. The fourth-order valence-corrected chi connectivity index (χ4v) is 3.49. The average Bonchev–Trinajstić information content (AvgIpc) is 3.09. The lowest BCUT2D eigenvalue weighted by Gasteiger charge is -2.47. The maximum absolute atomic E-state index is 10.8. The molecule has 1 aromatic heterocycles. The smallest absolute Gasteiger partial charge is 0.141 e. The fourth-order valence-electron chi connectivity index (χ4n) is 3.49. The number of rotatable bonds is 1. The van der Waals surface area contributed by atoms with Gasteiger partial charge in [0.25, 0.3) is 0 Å². The van der Waals surface area contributed by atoms with E-state index < -0.39 is 5.60 Å². The highest BCUT2D eigenvalue weighted by Gasteiger charge is 2.44. The van der Waals surface area contributed by atoms with E-state index in [2.05, 4.69) is 21.7 Å². The van der Waals surface area contributed by atoms with Crippen molar-refractivity contribution >= 4 is 0 Å². The van der Waals surface area contributed by atoms with E-state index in [1.165, 1.54) is 0 Å². The van der Waals surface area contributed by atoms with Crippen molar-refractivity contribution in [2.75, 3.05) is 19.6 Å². The zero-order chi connectivity index (χ0) is 15.0. The highest BCUT2D eigenvalue weighted by molar-refractivity contribution is 5.43. The van der Waals surface area contributed by atoms with E-state index >= 15 is 0 Å². The fraction of sp³-hybridized carbons (Fsp3) is 0.389. The molecule has 0 spiro atoms. The van der Waals surface area contributed by atoms with E-state index in [4.69, 9.17) is 0 Å². The minimum atomic E-state index is -0.834. The third-order valence-electron chi connectivity index (χ3n) is 4.82. The molecule has 3 fully saturated rings. The first-order valence-electron chi connectivity index (χ1n) is 7.79. The number of piperidine rings is 3. The van der Waals surface area contributed by atoms with Crippen molar-refractivity contribution in [3.63, 3.8) is 0 Å². The van der Waals surface area contributed by atoms with E-state index in [1.807, 2.05) is 35.0 Å². The number of benzene rings is 1. The normalized spacial score (nSPS) is 29.9. The number of aliphatic hydroxyl groups is 1. The second-order valence-corrected chi connectivity index (χ2v) is 6.24. The highest BCUT2D eigenvalue weighted by atomic mass is 16.3. The Morgan fingerprint density at radius 1 is 1.18 bits per heavy atom. The quantitative estimate of drug-likeness (QED) is 0.813. The summed E-state index contributed by atoms with van der Waals surface area (Å²) in [4.78, 5) is 6.36. The standard InChI is InChI=1S/C18H19N3O/c22-18(13-20-10-6-16(18)7-11-20)8-5-15-1-3-17(4-2-15)21-12-9-19-14-21/h1-4,9,12,14,16,22H,6-7,10-11,13H2. The summed E-state index contributed by atoms with van der Waals surface area (Å²) in [6, 6.07) is 8.03. The van der Waals surface area contributed by atoms with Gasteiger partial charge in [-0.05, 0) is 50.2 Å². The molecule has 1 unspecified atom stereocenters. The van der Waals surface area contributed by atoms with Crippen molar-refractivity contribution in [2.45, 2.75) is 18.4 Å².